The van der Waals surface area contributed by atoms with E-state index in [-0.39, 0.29) is 17.4 Å². The summed E-state index contributed by atoms with van der Waals surface area (Å²) in [5.41, 5.74) is 0. The summed E-state index contributed by atoms with van der Waals surface area (Å²) in [5.74, 6) is -0.472. The van der Waals surface area contributed by atoms with Gasteiger partial charge in [-0.2, -0.15) is 0 Å². The summed E-state index contributed by atoms with van der Waals surface area (Å²) in [4.78, 5) is -0.00865. The summed E-state index contributed by atoms with van der Waals surface area (Å²) in [6, 6.07) is 4.04. The van der Waals surface area contributed by atoms with E-state index in [1.165, 1.54) is 12.1 Å². The smallest absolute Gasteiger partial charge is 0.240 e. The second-order valence-electron chi connectivity index (χ2n) is 4.25. The molecule has 102 valence electrons. The van der Waals surface area contributed by atoms with E-state index in [9.17, 15) is 17.9 Å². The van der Waals surface area contributed by atoms with Gasteiger partial charge in [0.1, 0.15) is 5.82 Å². The van der Waals surface area contributed by atoms with Crippen LogP contribution in [-0.2, 0) is 10.0 Å². The van der Waals surface area contributed by atoms with Crippen LogP contribution in [-0.4, -0.2) is 26.2 Å². The molecule has 0 saturated carbocycles. The minimum atomic E-state index is -3.72. The average Bonchev–Trinajstić information content (AvgIpc) is 2.35. The Morgan fingerprint density at radius 1 is 1.33 bits per heavy atom. The fraction of sp³-hybridized carbons (Fsp3) is 0.500. The van der Waals surface area contributed by atoms with Crippen LogP contribution in [0.4, 0.5) is 4.39 Å². The lowest BCUT2D eigenvalue weighted by Crippen LogP contribution is -2.41. The fourth-order valence-corrected chi connectivity index (χ4v) is 2.83. The highest BCUT2D eigenvalue weighted by molar-refractivity contribution is 7.89. The molecule has 0 saturated heterocycles. The Hall–Kier alpha value is -0.980. The number of rotatable bonds is 6. The zero-order valence-electron chi connectivity index (χ0n) is 10.4. The second-order valence-corrected chi connectivity index (χ2v) is 5.96. The summed E-state index contributed by atoms with van der Waals surface area (Å²) < 4.78 is 39.1. The van der Waals surface area contributed by atoms with Crippen molar-refractivity contribution in [3.05, 3.63) is 30.1 Å². The Balaban J connectivity index is 2.90. The molecule has 1 aromatic carbocycles. The van der Waals surface area contributed by atoms with Crippen LogP contribution in [0.2, 0.25) is 0 Å². The van der Waals surface area contributed by atoms with Crippen LogP contribution in [0, 0.1) is 11.7 Å². The van der Waals surface area contributed by atoms with Crippen molar-refractivity contribution in [1.82, 2.24) is 4.72 Å². The largest absolute Gasteiger partial charge is 0.395 e. The molecule has 0 heterocycles. The molecule has 2 N–H and O–H groups in total. The fourth-order valence-electron chi connectivity index (χ4n) is 1.50. The highest BCUT2D eigenvalue weighted by atomic mass is 32.2. The van der Waals surface area contributed by atoms with Crippen molar-refractivity contribution in [2.45, 2.75) is 31.2 Å². The molecule has 0 spiro atoms. The number of halogens is 1. The lowest BCUT2D eigenvalue weighted by Gasteiger charge is -2.21. The van der Waals surface area contributed by atoms with Gasteiger partial charge in [-0.1, -0.05) is 20.3 Å². The minimum Gasteiger partial charge on any atom is -0.395 e. The van der Waals surface area contributed by atoms with E-state index in [4.69, 9.17) is 0 Å². The molecule has 0 amide bonds. The number of nitrogens with one attached hydrogen (secondary N) is 1. The van der Waals surface area contributed by atoms with Gasteiger partial charge in [-0.05, 0) is 30.2 Å². The number of hydrogen-bond acceptors (Lipinski definition) is 3. The van der Waals surface area contributed by atoms with Crippen molar-refractivity contribution in [2.24, 2.45) is 5.92 Å². The van der Waals surface area contributed by atoms with E-state index < -0.39 is 21.9 Å². The molecule has 4 nitrogen and oxygen atoms in total. The molecule has 0 aromatic heterocycles. The third kappa shape index (κ3) is 3.76. The van der Waals surface area contributed by atoms with Crippen LogP contribution < -0.4 is 4.72 Å². The van der Waals surface area contributed by atoms with Crippen molar-refractivity contribution in [1.29, 1.82) is 0 Å². The molecular formula is C12H18FNO3S. The maximum atomic E-state index is 12.7. The van der Waals surface area contributed by atoms with Crippen LogP contribution >= 0.6 is 0 Å². The summed E-state index contributed by atoms with van der Waals surface area (Å²) in [6.07, 6.45) is 0.747. The van der Waals surface area contributed by atoms with Crippen LogP contribution in [0.25, 0.3) is 0 Å². The second kappa shape index (κ2) is 6.26. The SMILES string of the molecule is CC[C@H](C)[C@@H](CO)NS(=O)(=O)c1ccc(F)cc1. The highest BCUT2D eigenvalue weighted by Crippen LogP contribution is 2.14. The number of benzene rings is 1. The predicted octanol–water partition coefficient (Wildman–Crippen LogP) is 1.51. The van der Waals surface area contributed by atoms with E-state index in [1.807, 2.05) is 13.8 Å². The van der Waals surface area contributed by atoms with Gasteiger partial charge in [0, 0.05) is 6.04 Å². The van der Waals surface area contributed by atoms with Crippen molar-refractivity contribution >= 4 is 10.0 Å². The molecule has 6 heteroatoms. The normalized spacial score (nSPS) is 15.3. The van der Waals surface area contributed by atoms with Gasteiger partial charge in [0.25, 0.3) is 0 Å². The lowest BCUT2D eigenvalue weighted by atomic mass is 10.0. The Morgan fingerprint density at radius 2 is 1.89 bits per heavy atom. The first-order valence-corrected chi connectivity index (χ1v) is 7.27. The van der Waals surface area contributed by atoms with Gasteiger partial charge in [0.2, 0.25) is 10.0 Å². The molecule has 0 bridgehead atoms. The first-order chi connectivity index (χ1) is 8.40. The Labute approximate surface area is 107 Å². The average molecular weight is 275 g/mol. The Morgan fingerprint density at radius 3 is 2.33 bits per heavy atom. The molecule has 0 unspecified atom stereocenters. The van der Waals surface area contributed by atoms with Crippen LogP contribution in [0.5, 0.6) is 0 Å². The van der Waals surface area contributed by atoms with Gasteiger partial charge in [0.05, 0.1) is 11.5 Å². The van der Waals surface area contributed by atoms with Crippen molar-refractivity contribution in [3.8, 4) is 0 Å². The van der Waals surface area contributed by atoms with Crippen molar-refractivity contribution < 1.29 is 17.9 Å². The van der Waals surface area contributed by atoms with E-state index in [0.29, 0.717) is 0 Å². The maximum Gasteiger partial charge on any atom is 0.240 e. The third-order valence-corrected chi connectivity index (χ3v) is 4.46. The first kappa shape index (κ1) is 15.1. The first-order valence-electron chi connectivity index (χ1n) is 5.79. The number of aliphatic hydroxyl groups is 1. The summed E-state index contributed by atoms with van der Waals surface area (Å²) in [5, 5.41) is 9.19. The Bertz CT molecular complexity index is 473. The summed E-state index contributed by atoms with van der Waals surface area (Å²) in [6.45, 7) is 3.50. The highest BCUT2D eigenvalue weighted by Gasteiger charge is 2.23. The van der Waals surface area contributed by atoms with Gasteiger partial charge in [0.15, 0.2) is 0 Å². The summed E-state index contributed by atoms with van der Waals surface area (Å²) in [7, 11) is -3.72. The molecule has 1 rings (SSSR count). The monoisotopic (exact) mass is 275 g/mol. The zero-order chi connectivity index (χ0) is 13.8. The molecule has 0 aliphatic heterocycles. The molecule has 0 fully saturated rings. The van der Waals surface area contributed by atoms with Gasteiger partial charge >= 0.3 is 0 Å². The van der Waals surface area contributed by atoms with E-state index in [2.05, 4.69) is 4.72 Å². The van der Waals surface area contributed by atoms with Crippen LogP contribution in [0.3, 0.4) is 0 Å². The molecule has 0 aliphatic rings. The lowest BCUT2D eigenvalue weighted by molar-refractivity contribution is 0.219. The molecule has 0 radical (unpaired) electrons. The molecule has 1 aromatic rings. The van der Waals surface area contributed by atoms with Crippen LogP contribution in [0.1, 0.15) is 20.3 Å². The third-order valence-electron chi connectivity index (χ3n) is 2.96. The molecule has 2 atom stereocenters. The van der Waals surface area contributed by atoms with E-state index in [0.717, 1.165) is 18.6 Å². The predicted molar refractivity (Wildman–Crippen MR) is 67.1 cm³/mol. The van der Waals surface area contributed by atoms with Crippen LogP contribution in [0.15, 0.2) is 29.2 Å². The summed E-state index contributed by atoms with van der Waals surface area (Å²) >= 11 is 0. The molecule has 18 heavy (non-hydrogen) atoms. The van der Waals surface area contributed by atoms with E-state index in [1.54, 1.807) is 0 Å². The van der Waals surface area contributed by atoms with Gasteiger partial charge in [-0.3, -0.25) is 0 Å². The molecular weight excluding hydrogens is 257 g/mol. The zero-order valence-corrected chi connectivity index (χ0v) is 11.2. The van der Waals surface area contributed by atoms with Crippen molar-refractivity contribution in [2.75, 3.05) is 6.61 Å². The number of sulfonamides is 1. The van der Waals surface area contributed by atoms with Gasteiger partial charge in [-0.25, -0.2) is 17.5 Å². The van der Waals surface area contributed by atoms with Gasteiger partial charge < -0.3 is 5.11 Å². The topological polar surface area (TPSA) is 66.4 Å². The minimum absolute atomic E-state index is 0.00865. The Kier molecular flexibility index (Phi) is 5.25. The van der Waals surface area contributed by atoms with Gasteiger partial charge in [-0.15, -0.1) is 0 Å². The quantitative estimate of drug-likeness (QED) is 0.827. The number of hydrogen-bond donors (Lipinski definition) is 2. The van der Waals surface area contributed by atoms with E-state index >= 15 is 0 Å². The standard InChI is InChI=1S/C12H18FNO3S/c1-3-9(2)12(8-15)14-18(16,17)11-6-4-10(13)5-7-11/h4-7,9,12,14-15H,3,8H2,1-2H3/t9-,12+/m0/s1. The molecule has 0 aliphatic carbocycles. The maximum absolute atomic E-state index is 12.7. The number of aliphatic hydroxyl groups excluding tert-OH is 1. The van der Waals surface area contributed by atoms with Crippen molar-refractivity contribution in [3.63, 3.8) is 0 Å².